The molecule has 4 heterocycles. The third kappa shape index (κ3) is 3.57. The van der Waals surface area contributed by atoms with Gasteiger partial charge in [-0.05, 0) is 19.8 Å². The van der Waals surface area contributed by atoms with Crippen LogP contribution in [0.25, 0.3) is 0 Å². The van der Waals surface area contributed by atoms with Gasteiger partial charge in [0.1, 0.15) is 18.2 Å². The largest absolute Gasteiger partial charge is 0.381 e. The summed E-state index contributed by atoms with van der Waals surface area (Å²) >= 11 is 0. The van der Waals surface area contributed by atoms with Crippen LogP contribution in [0.5, 0.6) is 0 Å². The summed E-state index contributed by atoms with van der Waals surface area (Å²) in [6.45, 7) is 4.58. The number of rotatable bonds is 4. The van der Waals surface area contributed by atoms with Crippen molar-refractivity contribution in [3.05, 3.63) is 23.9 Å². The third-order valence-electron chi connectivity index (χ3n) is 5.00. The zero-order valence-corrected chi connectivity index (χ0v) is 15.5. The molecule has 10 heteroatoms. The van der Waals surface area contributed by atoms with Crippen LogP contribution >= 0.6 is 0 Å². The average Bonchev–Trinajstić information content (AvgIpc) is 3.37. The summed E-state index contributed by atoms with van der Waals surface area (Å²) in [7, 11) is 1.69. The van der Waals surface area contributed by atoms with Crippen LogP contribution in [0.2, 0.25) is 0 Å². The van der Waals surface area contributed by atoms with Gasteiger partial charge in [-0.25, -0.2) is 9.67 Å². The molecule has 1 N–H and O–H groups in total. The van der Waals surface area contributed by atoms with Crippen molar-refractivity contribution in [2.24, 2.45) is 5.92 Å². The van der Waals surface area contributed by atoms with E-state index >= 15 is 0 Å². The van der Waals surface area contributed by atoms with Crippen molar-refractivity contribution in [1.82, 2.24) is 29.9 Å². The lowest BCUT2D eigenvalue weighted by molar-refractivity contribution is -0.120. The van der Waals surface area contributed by atoms with Crippen LogP contribution in [-0.2, 0) is 22.6 Å². The van der Waals surface area contributed by atoms with E-state index in [1.165, 1.54) is 4.90 Å². The van der Waals surface area contributed by atoms with Crippen LogP contribution in [0.1, 0.15) is 29.2 Å². The highest BCUT2D eigenvalue weighted by Crippen LogP contribution is 2.21. The number of anilines is 1. The van der Waals surface area contributed by atoms with Crippen LogP contribution in [0.15, 0.2) is 12.4 Å². The molecule has 0 aromatic carbocycles. The van der Waals surface area contributed by atoms with E-state index in [4.69, 9.17) is 4.74 Å². The van der Waals surface area contributed by atoms with Gasteiger partial charge < -0.3 is 10.1 Å². The second-order valence-electron chi connectivity index (χ2n) is 7.10. The smallest absolute Gasteiger partial charge is 0.291 e. The van der Waals surface area contributed by atoms with Crippen molar-refractivity contribution in [1.29, 1.82) is 0 Å². The molecule has 0 aliphatic carbocycles. The van der Waals surface area contributed by atoms with Crippen LogP contribution in [0.3, 0.4) is 0 Å². The fourth-order valence-electron chi connectivity index (χ4n) is 3.52. The van der Waals surface area contributed by atoms with Crippen LogP contribution in [0, 0.1) is 12.8 Å². The number of carbonyl (C=O) groups excluding carboxylic acids is 2. The Morgan fingerprint density at radius 1 is 1.37 bits per heavy atom. The number of nitrogens with zero attached hydrogens (tertiary/aromatic N) is 6. The Balaban J connectivity index is 1.41. The Morgan fingerprint density at radius 3 is 3.00 bits per heavy atom. The molecule has 2 aliphatic heterocycles. The molecule has 10 nitrogen and oxygen atoms in total. The molecule has 2 atom stereocenters. The highest BCUT2D eigenvalue weighted by molar-refractivity contribution is 6.00. The van der Waals surface area contributed by atoms with Crippen molar-refractivity contribution in [2.45, 2.75) is 38.9 Å². The maximum atomic E-state index is 12.7. The highest BCUT2D eigenvalue weighted by Gasteiger charge is 2.31. The molecule has 2 amide bonds. The summed E-state index contributed by atoms with van der Waals surface area (Å²) in [6.07, 6.45) is 2.99. The molecule has 0 spiro atoms. The normalized spacial score (nSPS) is 22.6. The summed E-state index contributed by atoms with van der Waals surface area (Å²) in [5.41, 5.74) is 0.856. The summed E-state index contributed by atoms with van der Waals surface area (Å²) in [5, 5.41) is 11.4. The number of aryl methyl sites for hydroxylation is 2. The van der Waals surface area contributed by atoms with E-state index < -0.39 is 11.9 Å². The SMILES string of the molecule is Cc1cc2n(n1)CC[C@H](NC(=O)c1ncn(CC3CCOC3)n1)C(=O)N2C. The van der Waals surface area contributed by atoms with E-state index in [0.29, 0.717) is 32.0 Å². The molecule has 2 aromatic heterocycles. The first-order valence-corrected chi connectivity index (χ1v) is 9.11. The van der Waals surface area contributed by atoms with Gasteiger partial charge >= 0.3 is 0 Å². The Bertz CT molecular complexity index is 853. The van der Waals surface area contributed by atoms with E-state index in [-0.39, 0.29) is 11.7 Å². The quantitative estimate of drug-likeness (QED) is 0.807. The van der Waals surface area contributed by atoms with Crippen LogP contribution in [0.4, 0.5) is 5.82 Å². The fourth-order valence-corrected chi connectivity index (χ4v) is 3.52. The Hall–Kier alpha value is -2.75. The van der Waals surface area contributed by atoms with Gasteiger partial charge in [0, 0.05) is 38.7 Å². The molecular weight excluding hydrogens is 350 g/mol. The molecule has 1 saturated heterocycles. The van der Waals surface area contributed by atoms with Gasteiger partial charge in [0.2, 0.25) is 5.82 Å². The van der Waals surface area contributed by atoms with Crippen molar-refractivity contribution < 1.29 is 14.3 Å². The Morgan fingerprint density at radius 2 is 2.22 bits per heavy atom. The highest BCUT2D eigenvalue weighted by atomic mass is 16.5. The summed E-state index contributed by atoms with van der Waals surface area (Å²) < 4.78 is 8.80. The van der Waals surface area contributed by atoms with Crippen molar-refractivity contribution >= 4 is 17.6 Å². The minimum atomic E-state index is -0.639. The maximum absolute atomic E-state index is 12.7. The first kappa shape index (κ1) is 17.7. The van der Waals surface area contributed by atoms with Crippen LogP contribution in [-0.4, -0.2) is 62.7 Å². The Labute approximate surface area is 156 Å². The number of carbonyl (C=O) groups is 2. The topological polar surface area (TPSA) is 107 Å². The zero-order chi connectivity index (χ0) is 19.0. The summed E-state index contributed by atoms with van der Waals surface area (Å²) in [4.78, 5) is 30.9. The molecule has 1 unspecified atom stereocenters. The second kappa shape index (κ2) is 7.10. The van der Waals surface area contributed by atoms with Gasteiger partial charge in [0.25, 0.3) is 11.8 Å². The molecule has 2 aliphatic rings. The van der Waals surface area contributed by atoms with Crippen LogP contribution < -0.4 is 10.2 Å². The van der Waals surface area contributed by atoms with Gasteiger partial charge in [-0.15, -0.1) is 5.10 Å². The predicted molar refractivity (Wildman–Crippen MR) is 95.2 cm³/mol. The molecule has 144 valence electrons. The molecule has 0 radical (unpaired) electrons. The zero-order valence-electron chi connectivity index (χ0n) is 15.5. The van der Waals surface area contributed by atoms with Crippen molar-refractivity contribution in [2.75, 3.05) is 25.2 Å². The van der Waals surface area contributed by atoms with Gasteiger partial charge in [0.15, 0.2) is 0 Å². The van der Waals surface area contributed by atoms with Gasteiger partial charge in [-0.3, -0.25) is 19.2 Å². The number of hydrogen-bond donors (Lipinski definition) is 1. The molecule has 2 aromatic rings. The van der Waals surface area contributed by atoms with E-state index in [1.54, 1.807) is 22.7 Å². The third-order valence-corrected chi connectivity index (χ3v) is 5.00. The summed E-state index contributed by atoms with van der Waals surface area (Å²) in [6, 6.07) is 1.22. The summed E-state index contributed by atoms with van der Waals surface area (Å²) in [5.74, 6) is 0.575. The molecule has 0 bridgehead atoms. The van der Waals surface area contributed by atoms with Gasteiger partial charge in [-0.1, -0.05) is 0 Å². The predicted octanol–water partition coefficient (Wildman–Crippen LogP) is -0.0154. The standard InChI is InChI=1S/C17H23N7O3/c1-11-7-14-22(2)17(26)13(3-5-24(14)20-11)19-16(25)15-18-10-23(21-15)8-12-4-6-27-9-12/h7,10,12-13H,3-6,8-9H2,1-2H3,(H,19,25)/t12?,13-/m0/s1. The van der Waals surface area contributed by atoms with E-state index in [0.717, 1.165) is 24.5 Å². The first-order valence-electron chi connectivity index (χ1n) is 9.11. The number of ether oxygens (including phenoxy) is 1. The Kier molecular flexibility index (Phi) is 4.65. The number of amides is 2. The second-order valence-corrected chi connectivity index (χ2v) is 7.10. The minimum Gasteiger partial charge on any atom is -0.381 e. The number of nitrogens with one attached hydrogen (secondary N) is 1. The maximum Gasteiger partial charge on any atom is 0.291 e. The van der Waals surface area contributed by atoms with E-state index in [2.05, 4.69) is 20.5 Å². The number of hydrogen-bond acceptors (Lipinski definition) is 6. The minimum absolute atomic E-state index is 0.0715. The van der Waals surface area contributed by atoms with E-state index in [9.17, 15) is 9.59 Å². The number of aromatic nitrogens is 5. The molecule has 1 fully saturated rings. The molecule has 27 heavy (non-hydrogen) atoms. The molecule has 4 rings (SSSR count). The lowest BCUT2D eigenvalue weighted by atomic mass is 10.1. The number of likely N-dealkylation sites (N-methyl/N-ethyl adjacent to an activating group) is 1. The van der Waals surface area contributed by atoms with E-state index in [1.807, 2.05) is 13.0 Å². The van der Waals surface area contributed by atoms with Crippen molar-refractivity contribution in [3.8, 4) is 0 Å². The lowest BCUT2D eigenvalue weighted by Gasteiger charge is -2.19. The monoisotopic (exact) mass is 373 g/mol. The lowest BCUT2D eigenvalue weighted by Crippen LogP contribution is -2.47. The van der Waals surface area contributed by atoms with Gasteiger partial charge in [-0.2, -0.15) is 5.10 Å². The van der Waals surface area contributed by atoms with Gasteiger partial charge in [0.05, 0.1) is 12.3 Å². The average molecular weight is 373 g/mol. The van der Waals surface area contributed by atoms with Crippen molar-refractivity contribution in [3.63, 3.8) is 0 Å². The number of fused-ring (bicyclic) bond motifs is 1. The molecule has 0 saturated carbocycles. The first-order chi connectivity index (χ1) is 13.0. The fraction of sp³-hybridized carbons (Fsp3) is 0.588. The molecular formula is C17H23N7O3.